The van der Waals surface area contributed by atoms with Crippen LogP contribution in [0.5, 0.6) is 0 Å². The van der Waals surface area contributed by atoms with Crippen LogP contribution in [0.25, 0.3) is 11.0 Å². The van der Waals surface area contributed by atoms with Gasteiger partial charge in [0, 0.05) is 42.3 Å². The van der Waals surface area contributed by atoms with Gasteiger partial charge in [-0.05, 0) is 37.7 Å². The number of pyridine rings is 1. The number of hydrogen-bond acceptors (Lipinski definition) is 7. The predicted molar refractivity (Wildman–Crippen MR) is 115 cm³/mol. The smallest absolute Gasteiger partial charge is 0.258 e. The fourth-order valence-corrected chi connectivity index (χ4v) is 5.57. The summed E-state index contributed by atoms with van der Waals surface area (Å²) in [5, 5.41) is 13.7. The third-order valence-electron chi connectivity index (χ3n) is 6.42. The quantitative estimate of drug-likeness (QED) is 0.730. The van der Waals surface area contributed by atoms with Crippen LogP contribution in [0.4, 0.5) is 5.95 Å². The number of aromatic nitrogens is 3. The van der Waals surface area contributed by atoms with E-state index in [0.29, 0.717) is 49.0 Å². The Balaban J connectivity index is 1.64. The summed E-state index contributed by atoms with van der Waals surface area (Å²) < 4.78 is 26.6. The molecule has 164 valence electrons. The number of fused-ring (bicyclic) bond motifs is 1. The highest BCUT2D eigenvalue weighted by Crippen LogP contribution is 2.36. The Morgan fingerprint density at radius 2 is 1.97 bits per heavy atom. The molecule has 0 amide bonds. The summed E-state index contributed by atoms with van der Waals surface area (Å²) in [7, 11) is -3.17. The van der Waals surface area contributed by atoms with Crippen molar-refractivity contribution < 1.29 is 13.5 Å². The average molecular weight is 436 g/mol. The van der Waals surface area contributed by atoms with Gasteiger partial charge in [-0.1, -0.05) is 13.3 Å². The van der Waals surface area contributed by atoms with Gasteiger partial charge in [0.2, 0.25) is 16.0 Å². The molecule has 10 heteroatoms. The van der Waals surface area contributed by atoms with Crippen LogP contribution in [0.15, 0.2) is 17.1 Å². The number of hydrogen-bond donors (Lipinski definition) is 2. The summed E-state index contributed by atoms with van der Waals surface area (Å²) in [6, 6.07) is 1.80. The van der Waals surface area contributed by atoms with Crippen molar-refractivity contribution in [2.75, 3.05) is 24.7 Å². The highest BCUT2D eigenvalue weighted by molar-refractivity contribution is 7.88. The van der Waals surface area contributed by atoms with Crippen molar-refractivity contribution in [3.63, 3.8) is 0 Å². The Labute approximate surface area is 176 Å². The van der Waals surface area contributed by atoms with Crippen LogP contribution in [0, 0.1) is 5.92 Å². The highest BCUT2D eigenvalue weighted by Gasteiger charge is 2.29. The zero-order chi connectivity index (χ0) is 21.5. The van der Waals surface area contributed by atoms with Crippen LogP contribution in [-0.2, 0) is 16.6 Å². The second kappa shape index (κ2) is 8.24. The van der Waals surface area contributed by atoms with Gasteiger partial charge < -0.3 is 10.4 Å². The van der Waals surface area contributed by atoms with E-state index in [2.05, 4.69) is 22.2 Å². The molecule has 30 heavy (non-hydrogen) atoms. The van der Waals surface area contributed by atoms with E-state index >= 15 is 0 Å². The zero-order valence-electron chi connectivity index (χ0n) is 17.4. The molecule has 9 nitrogen and oxygen atoms in total. The third kappa shape index (κ3) is 4.08. The number of aliphatic hydroxyl groups is 1. The lowest BCUT2D eigenvalue weighted by molar-refractivity contribution is 0.278. The Morgan fingerprint density at radius 1 is 1.23 bits per heavy atom. The lowest BCUT2D eigenvalue weighted by atomic mass is 10.1. The Bertz CT molecular complexity index is 1090. The fraction of sp³-hybridized carbons (Fsp3) is 0.650. The molecule has 2 aromatic heterocycles. The van der Waals surface area contributed by atoms with E-state index in [1.165, 1.54) is 10.6 Å². The number of nitrogens with one attached hydrogen (secondary N) is 1. The third-order valence-corrected chi connectivity index (χ3v) is 7.72. The molecule has 0 aromatic carbocycles. The number of aliphatic hydroxyl groups excluding tert-OH is 1. The first-order valence-electron chi connectivity index (χ1n) is 10.5. The molecule has 2 atom stereocenters. The maximum atomic E-state index is 13.0. The van der Waals surface area contributed by atoms with E-state index < -0.39 is 10.0 Å². The van der Waals surface area contributed by atoms with Crippen LogP contribution < -0.4 is 10.9 Å². The molecule has 1 saturated heterocycles. The SMILES string of the molecule is C[C@@H]1CCC[C@@H]1n1c(=O)c(CO)cc2cnc(NC3CCN(S(C)(=O)=O)CC3)nc21. The molecule has 0 bridgehead atoms. The molecular weight excluding hydrogens is 406 g/mol. The first kappa shape index (κ1) is 21.2. The number of piperidine rings is 1. The topological polar surface area (TPSA) is 117 Å². The van der Waals surface area contributed by atoms with E-state index in [9.17, 15) is 18.3 Å². The molecule has 0 unspecified atom stereocenters. The molecular formula is C20H29N5O4S. The maximum absolute atomic E-state index is 13.0. The predicted octanol–water partition coefficient (Wildman–Crippen LogP) is 1.48. The van der Waals surface area contributed by atoms with Crippen LogP contribution in [0.2, 0.25) is 0 Å². The summed E-state index contributed by atoms with van der Waals surface area (Å²) in [6.07, 6.45) is 7.31. The van der Waals surface area contributed by atoms with Crippen LogP contribution in [0.1, 0.15) is 50.6 Å². The lowest BCUT2D eigenvalue weighted by Crippen LogP contribution is -2.42. The van der Waals surface area contributed by atoms with Crippen molar-refractivity contribution in [3.05, 3.63) is 28.2 Å². The number of anilines is 1. The van der Waals surface area contributed by atoms with Gasteiger partial charge in [0.1, 0.15) is 5.65 Å². The van der Waals surface area contributed by atoms with Crippen molar-refractivity contribution in [2.45, 2.75) is 57.7 Å². The first-order chi connectivity index (χ1) is 14.3. The van der Waals surface area contributed by atoms with Crippen molar-refractivity contribution in [3.8, 4) is 0 Å². The number of sulfonamides is 1. The van der Waals surface area contributed by atoms with Crippen LogP contribution in [0.3, 0.4) is 0 Å². The monoisotopic (exact) mass is 435 g/mol. The summed E-state index contributed by atoms with van der Waals surface area (Å²) in [5.41, 5.74) is 0.760. The summed E-state index contributed by atoms with van der Waals surface area (Å²) >= 11 is 0. The van der Waals surface area contributed by atoms with E-state index in [-0.39, 0.29) is 24.2 Å². The molecule has 2 aromatic rings. The maximum Gasteiger partial charge on any atom is 0.258 e. The van der Waals surface area contributed by atoms with Crippen molar-refractivity contribution in [1.29, 1.82) is 0 Å². The highest BCUT2D eigenvalue weighted by atomic mass is 32.2. The average Bonchev–Trinajstić information content (AvgIpc) is 3.13. The van der Waals surface area contributed by atoms with Gasteiger partial charge in [-0.25, -0.2) is 17.7 Å². The van der Waals surface area contributed by atoms with Gasteiger partial charge in [0.15, 0.2) is 0 Å². The Kier molecular flexibility index (Phi) is 5.82. The molecule has 2 fully saturated rings. The summed E-state index contributed by atoms with van der Waals surface area (Å²) in [5.74, 6) is 0.808. The van der Waals surface area contributed by atoms with Gasteiger partial charge in [-0.2, -0.15) is 4.98 Å². The molecule has 4 rings (SSSR count). The zero-order valence-corrected chi connectivity index (χ0v) is 18.2. The number of rotatable bonds is 5. The first-order valence-corrected chi connectivity index (χ1v) is 12.4. The van der Waals surface area contributed by atoms with Gasteiger partial charge in [0.05, 0.1) is 12.9 Å². The van der Waals surface area contributed by atoms with E-state index in [1.54, 1.807) is 16.8 Å². The minimum atomic E-state index is -3.17. The van der Waals surface area contributed by atoms with Crippen molar-refractivity contribution in [1.82, 2.24) is 18.8 Å². The van der Waals surface area contributed by atoms with Crippen LogP contribution in [-0.4, -0.2) is 57.8 Å². The Morgan fingerprint density at radius 3 is 2.57 bits per heavy atom. The second-order valence-electron chi connectivity index (χ2n) is 8.53. The standard InChI is InChI=1S/C20H29N5O4S/c1-13-4-3-5-17(13)25-18-14(10-15(12-26)19(25)27)11-21-20(23-18)22-16-6-8-24(9-7-16)30(2,28)29/h10-11,13,16-17,26H,3-9,12H2,1-2H3,(H,21,22,23)/t13-,17+/m1/s1. The molecule has 1 saturated carbocycles. The van der Waals surface area contributed by atoms with Crippen molar-refractivity contribution >= 4 is 27.0 Å². The summed E-state index contributed by atoms with van der Waals surface area (Å²) in [6.45, 7) is 2.77. The fourth-order valence-electron chi connectivity index (χ4n) is 4.69. The van der Waals surface area contributed by atoms with Gasteiger partial charge in [-0.3, -0.25) is 9.36 Å². The molecule has 0 spiro atoms. The van der Waals surface area contributed by atoms with Gasteiger partial charge in [-0.15, -0.1) is 0 Å². The lowest BCUT2D eigenvalue weighted by Gasteiger charge is -2.30. The normalized spacial score (nSPS) is 23.8. The molecule has 2 aliphatic rings. The number of nitrogens with zero attached hydrogens (tertiary/aromatic N) is 4. The van der Waals surface area contributed by atoms with E-state index in [4.69, 9.17) is 0 Å². The molecule has 2 N–H and O–H groups in total. The van der Waals surface area contributed by atoms with Gasteiger partial charge >= 0.3 is 0 Å². The van der Waals surface area contributed by atoms with E-state index in [0.717, 1.165) is 24.6 Å². The minimum Gasteiger partial charge on any atom is -0.391 e. The van der Waals surface area contributed by atoms with Crippen LogP contribution >= 0.6 is 0 Å². The molecule has 3 heterocycles. The second-order valence-corrected chi connectivity index (χ2v) is 10.5. The summed E-state index contributed by atoms with van der Waals surface area (Å²) in [4.78, 5) is 22.1. The molecule has 0 radical (unpaired) electrons. The molecule has 1 aliphatic heterocycles. The Hall–Kier alpha value is -2.04. The van der Waals surface area contributed by atoms with Crippen molar-refractivity contribution in [2.24, 2.45) is 5.92 Å². The van der Waals surface area contributed by atoms with Gasteiger partial charge in [0.25, 0.3) is 5.56 Å². The largest absolute Gasteiger partial charge is 0.391 e. The molecule has 1 aliphatic carbocycles. The van der Waals surface area contributed by atoms with E-state index in [1.807, 2.05) is 0 Å². The minimum absolute atomic E-state index is 0.0623.